The Morgan fingerprint density at radius 1 is 1.07 bits per heavy atom. The molecule has 8 heteroatoms. The average molecular weight is 392 g/mol. The fourth-order valence-corrected chi connectivity index (χ4v) is 3.55. The molecular formula is C20H20N6OS. The maximum atomic E-state index is 5.40. The Morgan fingerprint density at radius 3 is 2.68 bits per heavy atom. The third-order valence-corrected chi connectivity index (χ3v) is 5.56. The molecule has 0 unspecified atom stereocenters. The van der Waals surface area contributed by atoms with E-state index in [0.29, 0.717) is 22.6 Å². The van der Waals surface area contributed by atoms with Gasteiger partial charge in [0, 0.05) is 5.56 Å². The number of tetrazole rings is 1. The van der Waals surface area contributed by atoms with Gasteiger partial charge in [-0.3, -0.25) is 0 Å². The third kappa shape index (κ3) is 3.68. The molecule has 7 nitrogen and oxygen atoms in total. The highest BCUT2D eigenvalue weighted by molar-refractivity contribution is 7.98. The molecule has 0 aliphatic rings. The number of benzene rings is 2. The lowest BCUT2D eigenvalue weighted by atomic mass is 10.1. The first-order chi connectivity index (χ1) is 13.7. The van der Waals surface area contributed by atoms with Crippen molar-refractivity contribution in [2.24, 2.45) is 0 Å². The van der Waals surface area contributed by atoms with E-state index in [1.165, 1.54) is 22.9 Å². The summed E-state index contributed by atoms with van der Waals surface area (Å²) in [4.78, 5) is 4.49. The molecule has 0 aliphatic carbocycles. The number of nitrogens with zero attached hydrogens (tertiary/aromatic N) is 6. The zero-order valence-corrected chi connectivity index (χ0v) is 16.8. The van der Waals surface area contributed by atoms with Gasteiger partial charge in [-0.15, -0.1) is 5.10 Å². The first kappa shape index (κ1) is 18.4. The standard InChI is InChI=1S/C20H20N6OS/c1-4-15-8-10-16(11-9-15)19-21-18(27-23-19)12-28-20-22-24-25-26(20)17-7-5-6-13(2)14(17)3/h5-11H,4,12H2,1-3H3. The summed E-state index contributed by atoms with van der Waals surface area (Å²) in [5.74, 6) is 1.62. The number of thioether (sulfide) groups is 1. The molecule has 0 atom stereocenters. The van der Waals surface area contributed by atoms with Crippen LogP contribution in [0.4, 0.5) is 0 Å². The van der Waals surface area contributed by atoms with E-state index >= 15 is 0 Å². The van der Waals surface area contributed by atoms with Crippen molar-refractivity contribution >= 4 is 11.8 Å². The fourth-order valence-electron chi connectivity index (χ4n) is 2.83. The normalized spacial score (nSPS) is 11.1. The topological polar surface area (TPSA) is 82.5 Å². The van der Waals surface area contributed by atoms with Crippen molar-refractivity contribution in [1.29, 1.82) is 0 Å². The Hall–Kier alpha value is -3.00. The van der Waals surface area contributed by atoms with E-state index in [4.69, 9.17) is 4.52 Å². The zero-order valence-electron chi connectivity index (χ0n) is 16.0. The van der Waals surface area contributed by atoms with E-state index in [1.807, 2.05) is 24.3 Å². The van der Waals surface area contributed by atoms with E-state index < -0.39 is 0 Å². The molecule has 28 heavy (non-hydrogen) atoms. The van der Waals surface area contributed by atoms with Crippen LogP contribution in [0.5, 0.6) is 0 Å². The SMILES string of the molecule is CCc1ccc(-c2noc(CSc3nnnn3-c3cccc(C)c3C)n2)cc1. The van der Waals surface area contributed by atoms with Gasteiger partial charge in [-0.1, -0.05) is 60.2 Å². The second-order valence-corrected chi connectivity index (χ2v) is 7.39. The van der Waals surface area contributed by atoms with Crippen molar-refractivity contribution in [2.45, 2.75) is 38.1 Å². The Morgan fingerprint density at radius 2 is 1.89 bits per heavy atom. The van der Waals surface area contributed by atoms with Crippen molar-refractivity contribution in [1.82, 2.24) is 30.3 Å². The van der Waals surface area contributed by atoms with Crippen LogP contribution in [0.1, 0.15) is 29.5 Å². The van der Waals surface area contributed by atoms with Gasteiger partial charge in [0.15, 0.2) is 0 Å². The van der Waals surface area contributed by atoms with Gasteiger partial charge in [0.2, 0.25) is 16.9 Å². The van der Waals surface area contributed by atoms with Crippen LogP contribution in [0.15, 0.2) is 52.1 Å². The first-order valence-electron chi connectivity index (χ1n) is 9.05. The van der Waals surface area contributed by atoms with Crippen molar-refractivity contribution < 1.29 is 4.52 Å². The molecule has 0 radical (unpaired) electrons. The summed E-state index contributed by atoms with van der Waals surface area (Å²) >= 11 is 1.46. The van der Waals surface area contributed by atoms with E-state index in [-0.39, 0.29) is 0 Å². The molecule has 2 heterocycles. The summed E-state index contributed by atoms with van der Waals surface area (Å²) in [6.07, 6.45) is 1.00. The van der Waals surface area contributed by atoms with E-state index in [1.54, 1.807) is 4.68 Å². The van der Waals surface area contributed by atoms with Crippen LogP contribution in [0.3, 0.4) is 0 Å². The number of hydrogen-bond donors (Lipinski definition) is 0. The number of rotatable bonds is 6. The minimum absolute atomic E-state index is 0.491. The fraction of sp³-hybridized carbons (Fsp3) is 0.250. The largest absolute Gasteiger partial charge is 0.338 e. The lowest BCUT2D eigenvalue weighted by Gasteiger charge is -2.08. The number of hydrogen-bond acceptors (Lipinski definition) is 7. The Kier molecular flexibility index (Phi) is 5.21. The molecule has 0 saturated heterocycles. The summed E-state index contributed by atoms with van der Waals surface area (Å²) in [5.41, 5.74) is 5.53. The summed E-state index contributed by atoms with van der Waals surface area (Å²) < 4.78 is 7.15. The third-order valence-electron chi connectivity index (χ3n) is 4.66. The lowest BCUT2D eigenvalue weighted by molar-refractivity contribution is 0.391. The minimum atomic E-state index is 0.491. The van der Waals surface area contributed by atoms with E-state index in [0.717, 1.165) is 23.2 Å². The van der Waals surface area contributed by atoms with Gasteiger partial charge in [0.1, 0.15) is 0 Å². The van der Waals surface area contributed by atoms with Crippen molar-refractivity contribution in [3.05, 3.63) is 65.0 Å². The first-order valence-corrected chi connectivity index (χ1v) is 10.0. The van der Waals surface area contributed by atoms with Crippen LogP contribution in [0, 0.1) is 13.8 Å². The average Bonchev–Trinajstić information content (AvgIpc) is 3.38. The van der Waals surface area contributed by atoms with Gasteiger partial charge in [-0.25, -0.2) is 0 Å². The molecular weight excluding hydrogens is 372 g/mol. The zero-order chi connectivity index (χ0) is 19.5. The quantitative estimate of drug-likeness (QED) is 0.455. The molecule has 2 aromatic carbocycles. The molecule has 0 aliphatic heterocycles. The molecule has 0 amide bonds. The Bertz CT molecular complexity index is 1090. The maximum absolute atomic E-state index is 5.40. The van der Waals surface area contributed by atoms with Crippen LogP contribution in [-0.4, -0.2) is 30.3 Å². The van der Waals surface area contributed by atoms with Gasteiger partial charge in [-0.05, 0) is 53.5 Å². The number of aryl methyl sites for hydroxylation is 2. The molecule has 0 spiro atoms. The second-order valence-electron chi connectivity index (χ2n) is 6.44. The molecule has 0 fully saturated rings. The highest BCUT2D eigenvalue weighted by Crippen LogP contribution is 2.25. The molecule has 0 N–H and O–H groups in total. The van der Waals surface area contributed by atoms with Crippen LogP contribution >= 0.6 is 11.8 Å². The van der Waals surface area contributed by atoms with Crippen molar-refractivity contribution in [3.63, 3.8) is 0 Å². The molecule has 4 rings (SSSR count). The van der Waals surface area contributed by atoms with Gasteiger partial charge in [-0.2, -0.15) is 9.67 Å². The minimum Gasteiger partial charge on any atom is -0.338 e. The molecule has 0 saturated carbocycles. The molecule has 2 aromatic heterocycles. The monoisotopic (exact) mass is 392 g/mol. The summed E-state index contributed by atoms with van der Waals surface area (Å²) in [6, 6.07) is 14.3. The van der Waals surface area contributed by atoms with Crippen molar-refractivity contribution in [3.8, 4) is 17.1 Å². The van der Waals surface area contributed by atoms with Crippen LogP contribution in [0.25, 0.3) is 17.1 Å². The van der Waals surface area contributed by atoms with Gasteiger partial charge in [0.25, 0.3) is 0 Å². The Balaban J connectivity index is 1.50. The smallest absolute Gasteiger partial charge is 0.237 e. The summed E-state index contributed by atoms with van der Waals surface area (Å²) in [5, 5.41) is 16.9. The Labute approximate surface area is 167 Å². The number of aromatic nitrogens is 6. The molecule has 0 bridgehead atoms. The van der Waals surface area contributed by atoms with Crippen molar-refractivity contribution in [2.75, 3.05) is 0 Å². The van der Waals surface area contributed by atoms with E-state index in [2.05, 4.69) is 64.6 Å². The highest BCUT2D eigenvalue weighted by Gasteiger charge is 2.15. The highest BCUT2D eigenvalue weighted by atomic mass is 32.2. The predicted molar refractivity (Wildman–Crippen MR) is 107 cm³/mol. The lowest BCUT2D eigenvalue weighted by Crippen LogP contribution is -2.02. The summed E-state index contributed by atoms with van der Waals surface area (Å²) in [7, 11) is 0. The van der Waals surface area contributed by atoms with E-state index in [9.17, 15) is 0 Å². The van der Waals surface area contributed by atoms with Gasteiger partial charge in [0.05, 0.1) is 11.4 Å². The summed E-state index contributed by atoms with van der Waals surface area (Å²) in [6.45, 7) is 6.27. The maximum Gasteiger partial charge on any atom is 0.237 e. The van der Waals surface area contributed by atoms with Gasteiger partial charge >= 0.3 is 0 Å². The molecule has 4 aromatic rings. The van der Waals surface area contributed by atoms with Crippen LogP contribution < -0.4 is 0 Å². The second kappa shape index (κ2) is 7.93. The van der Waals surface area contributed by atoms with Crippen LogP contribution in [0.2, 0.25) is 0 Å². The van der Waals surface area contributed by atoms with Crippen LogP contribution in [-0.2, 0) is 12.2 Å². The predicted octanol–water partition coefficient (Wildman–Crippen LogP) is 4.18. The van der Waals surface area contributed by atoms with Gasteiger partial charge < -0.3 is 4.52 Å². The molecule has 142 valence electrons.